The third-order valence-electron chi connectivity index (χ3n) is 3.15. The van der Waals surface area contributed by atoms with Crippen LogP contribution < -0.4 is 15.5 Å². The number of rotatable bonds is 4. The van der Waals surface area contributed by atoms with Gasteiger partial charge in [0.25, 0.3) is 0 Å². The average Bonchev–Trinajstić information content (AvgIpc) is 3.05. The van der Waals surface area contributed by atoms with Gasteiger partial charge in [0.05, 0.1) is 17.2 Å². The van der Waals surface area contributed by atoms with Crippen molar-refractivity contribution in [3.63, 3.8) is 0 Å². The van der Waals surface area contributed by atoms with Crippen molar-refractivity contribution >= 4 is 28.7 Å². The molecule has 2 N–H and O–H groups in total. The van der Waals surface area contributed by atoms with Gasteiger partial charge in [-0.15, -0.1) is 11.3 Å². The van der Waals surface area contributed by atoms with E-state index in [2.05, 4.69) is 21.0 Å². The number of carbonyl (C=O) groups excluding carboxylic acids is 1. The van der Waals surface area contributed by atoms with E-state index in [1.54, 1.807) is 16.2 Å². The van der Waals surface area contributed by atoms with Gasteiger partial charge in [-0.1, -0.05) is 6.07 Å². The van der Waals surface area contributed by atoms with Gasteiger partial charge < -0.3 is 10.6 Å². The van der Waals surface area contributed by atoms with Crippen LogP contribution in [0.1, 0.15) is 10.7 Å². The first-order chi connectivity index (χ1) is 9.72. The van der Waals surface area contributed by atoms with E-state index in [1.165, 1.54) is 0 Å². The quantitative estimate of drug-likeness (QED) is 0.909. The van der Waals surface area contributed by atoms with Crippen molar-refractivity contribution in [2.45, 2.75) is 13.5 Å². The van der Waals surface area contributed by atoms with Gasteiger partial charge in [-0.05, 0) is 25.1 Å². The summed E-state index contributed by atoms with van der Waals surface area (Å²) in [4.78, 5) is 17.8. The van der Waals surface area contributed by atoms with Crippen LogP contribution in [0.4, 0.5) is 16.2 Å². The topological polar surface area (TPSA) is 57.3 Å². The van der Waals surface area contributed by atoms with E-state index in [9.17, 15) is 4.79 Å². The molecule has 2 aromatic rings. The zero-order chi connectivity index (χ0) is 13.9. The fourth-order valence-electron chi connectivity index (χ4n) is 2.18. The number of thiazole rings is 1. The maximum atomic E-state index is 11.7. The van der Waals surface area contributed by atoms with Gasteiger partial charge in [-0.25, -0.2) is 9.78 Å². The number of urea groups is 1. The molecule has 1 aromatic carbocycles. The largest absolute Gasteiger partial charge is 0.379 e. The fraction of sp³-hybridized carbons (Fsp3) is 0.286. The lowest BCUT2D eigenvalue weighted by atomic mass is 10.2. The van der Waals surface area contributed by atoms with E-state index in [-0.39, 0.29) is 6.03 Å². The highest BCUT2D eigenvalue weighted by atomic mass is 32.1. The summed E-state index contributed by atoms with van der Waals surface area (Å²) in [5.74, 6) is 0. The summed E-state index contributed by atoms with van der Waals surface area (Å²) in [6.07, 6.45) is 0. The number of benzene rings is 1. The van der Waals surface area contributed by atoms with Gasteiger partial charge in [0.2, 0.25) is 0 Å². The Kier molecular flexibility index (Phi) is 3.56. The minimum absolute atomic E-state index is 0.0303. The first-order valence-electron chi connectivity index (χ1n) is 6.53. The lowest BCUT2D eigenvalue weighted by Gasteiger charge is -2.15. The lowest BCUT2D eigenvalue weighted by molar-refractivity contribution is 0.252. The van der Waals surface area contributed by atoms with Gasteiger partial charge in [-0.3, -0.25) is 4.90 Å². The predicted octanol–water partition coefficient (Wildman–Crippen LogP) is 2.59. The number of amides is 2. The third kappa shape index (κ3) is 2.75. The SMILES string of the molecule is Cc1nc(CNc2cccc(N3CCNC3=O)c2)cs1. The first kappa shape index (κ1) is 12.9. The van der Waals surface area contributed by atoms with E-state index in [4.69, 9.17) is 0 Å². The highest BCUT2D eigenvalue weighted by Crippen LogP contribution is 2.21. The third-order valence-corrected chi connectivity index (χ3v) is 3.98. The van der Waals surface area contributed by atoms with E-state index in [0.29, 0.717) is 19.6 Å². The number of aromatic nitrogens is 1. The molecular weight excluding hydrogens is 272 g/mol. The van der Waals surface area contributed by atoms with Crippen molar-refractivity contribution in [1.29, 1.82) is 0 Å². The maximum absolute atomic E-state index is 11.7. The summed E-state index contributed by atoms with van der Waals surface area (Å²) in [6.45, 7) is 4.11. The van der Waals surface area contributed by atoms with E-state index in [0.717, 1.165) is 22.1 Å². The molecule has 104 valence electrons. The zero-order valence-electron chi connectivity index (χ0n) is 11.2. The molecule has 0 unspecified atom stereocenters. The summed E-state index contributed by atoms with van der Waals surface area (Å²) in [7, 11) is 0. The molecule has 0 atom stereocenters. The van der Waals surface area contributed by atoms with Crippen molar-refractivity contribution in [1.82, 2.24) is 10.3 Å². The van der Waals surface area contributed by atoms with Crippen molar-refractivity contribution in [3.8, 4) is 0 Å². The number of aryl methyl sites for hydroxylation is 1. The van der Waals surface area contributed by atoms with Crippen LogP contribution in [0.25, 0.3) is 0 Å². The van der Waals surface area contributed by atoms with Crippen molar-refractivity contribution in [3.05, 3.63) is 40.3 Å². The molecule has 3 rings (SSSR count). The smallest absolute Gasteiger partial charge is 0.321 e. The molecule has 2 heterocycles. The van der Waals surface area contributed by atoms with Gasteiger partial charge >= 0.3 is 6.03 Å². The van der Waals surface area contributed by atoms with Crippen molar-refractivity contribution < 1.29 is 4.79 Å². The van der Waals surface area contributed by atoms with Crippen molar-refractivity contribution in [2.75, 3.05) is 23.3 Å². The number of nitrogens with zero attached hydrogens (tertiary/aromatic N) is 2. The number of anilines is 2. The highest BCUT2D eigenvalue weighted by molar-refractivity contribution is 7.09. The molecule has 1 saturated heterocycles. The average molecular weight is 288 g/mol. The molecule has 5 nitrogen and oxygen atoms in total. The Labute approximate surface area is 121 Å². The Morgan fingerprint density at radius 3 is 3.10 bits per heavy atom. The maximum Gasteiger partial charge on any atom is 0.321 e. The number of hydrogen-bond acceptors (Lipinski definition) is 4. The molecule has 2 amide bonds. The van der Waals surface area contributed by atoms with Gasteiger partial charge in [0, 0.05) is 29.8 Å². The highest BCUT2D eigenvalue weighted by Gasteiger charge is 2.20. The predicted molar refractivity (Wildman–Crippen MR) is 81.4 cm³/mol. The summed E-state index contributed by atoms with van der Waals surface area (Å²) < 4.78 is 0. The molecule has 0 aliphatic carbocycles. The van der Waals surface area contributed by atoms with Crippen LogP contribution in [0.2, 0.25) is 0 Å². The van der Waals surface area contributed by atoms with Crippen LogP contribution in [0.5, 0.6) is 0 Å². The van der Waals surface area contributed by atoms with E-state index < -0.39 is 0 Å². The summed E-state index contributed by atoms with van der Waals surface area (Å²) in [5, 5.41) is 9.27. The van der Waals surface area contributed by atoms with Crippen LogP contribution >= 0.6 is 11.3 Å². The van der Waals surface area contributed by atoms with E-state index >= 15 is 0 Å². The summed E-state index contributed by atoms with van der Waals surface area (Å²) in [6, 6.07) is 7.86. The molecule has 6 heteroatoms. The second-order valence-electron chi connectivity index (χ2n) is 4.65. The monoisotopic (exact) mass is 288 g/mol. The zero-order valence-corrected chi connectivity index (χ0v) is 12.0. The number of carbonyl (C=O) groups is 1. The Hall–Kier alpha value is -2.08. The number of hydrogen-bond donors (Lipinski definition) is 2. The van der Waals surface area contributed by atoms with Gasteiger partial charge in [0.1, 0.15) is 0 Å². The molecule has 0 bridgehead atoms. The van der Waals surface area contributed by atoms with Crippen LogP contribution in [0.3, 0.4) is 0 Å². The van der Waals surface area contributed by atoms with Crippen LogP contribution in [-0.2, 0) is 6.54 Å². The molecule has 1 fully saturated rings. The van der Waals surface area contributed by atoms with E-state index in [1.807, 2.05) is 31.2 Å². The molecular formula is C14H16N4OS. The second kappa shape index (κ2) is 5.50. The Morgan fingerprint density at radius 2 is 2.40 bits per heavy atom. The molecule has 1 aliphatic heterocycles. The summed E-state index contributed by atoms with van der Waals surface area (Å²) >= 11 is 1.65. The lowest BCUT2D eigenvalue weighted by Crippen LogP contribution is -2.27. The fourth-order valence-corrected chi connectivity index (χ4v) is 2.80. The standard InChI is InChI=1S/C14H16N4OS/c1-10-17-12(9-20-10)8-16-11-3-2-4-13(7-11)18-6-5-15-14(18)19/h2-4,7,9,16H,5-6,8H2,1H3,(H,15,19). The first-order valence-corrected chi connectivity index (χ1v) is 7.40. The summed E-state index contributed by atoms with van der Waals surface area (Å²) in [5.41, 5.74) is 2.95. The van der Waals surface area contributed by atoms with Crippen LogP contribution in [0.15, 0.2) is 29.6 Å². The molecule has 0 radical (unpaired) electrons. The molecule has 0 spiro atoms. The number of nitrogens with one attached hydrogen (secondary N) is 2. The van der Waals surface area contributed by atoms with Crippen LogP contribution in [-0.4, -0.2) is 24.1 Å². The Bertz CT molecular complexity index is 625. The van der Waals surface area contributed by atoms with Crippen molar-refractivity contribution in [2.24, 2.45) is 0 Å². The second-order valence-corrected chi connectivity index (χ2v) is 5.71. The molecule has 1 aliphatic rings. The Morgan fingerprint density at radius 1 is 1.50 bits per heavy atom. The molecule has 0 saturated carbocycles. The molecule has 1 aromatic heterocycles. The minimum atomic E-state index is -0.0303. The van der Waals surface area contributed by atoms with Gasteiger partial charge in [0.15, 0.2) is 0 Å². The Balaban J connectivity index is 1.69. The van der Waals surface area contributed by atoms with Gasteiger partial charge in [-0.2, -0.15) is 0 Å². The van der Waals surface area contributed by atoms with Crippen LogP contribution in [0, 0.1) is 6.92 Å². The minimum Gasteiger partial charge on any atom is -0.379 e. The molecule has 20 heavy (non-hydrogen) atoms. The normalized spacial score (nSPS) is 14.4.